The lowest BCUT2D eigenvalue weighted by atomic mass is 9.97. The molecule has 2 heterocycles. The van der Waals surface area contributed by atoms with Gasteiger partial charge in [0.05, 0.1) is 29.6 Å². The first-order valence-corrected chi connectivity index (χ1v) is 9.89. The number of rotatable bonds is 5. The van der Waals surface area contributed by atoms with E-state index in [-0.39, 0.29) is 40.2 Å². The van der Waals surface area contributed by atoms with Gasteiger partial charge >= 0.3 is 0 Å². The fraction of sp³-hybridized carbons (Fsp3) is 0.524. The molecule has 5 rings (SSSR count). The van der Waals surface area contributed by atoms with E-state index in [1.54, 1.807) is 0 Å². The van der Waals surface area contributed by atoms with E-state index >= 15 is 4.39 Å². The van der Waals surface area contributed by atoms with E-state index < -0.39 is 35.3 Å². The van der Waals surface area contributed by atoms with Crippen molar-refractivity contribution in [2.45, 2.75) is 43.4 Å². The maximum atomic E-state index is 15.3. The molecule has 0 radical (unpaired) electrons. The second-order valence-corrected chi connectivity index (χ2v) is 8.50. The number of hydrogen-bond acceptors (Lipinski definition) is 5. The number of halogens is 2. The van der Waals surface area contributed by atoms with Gasteiger partial charge in [0.15, 0.2) is 23.3 Å². The topological polar surface area (TPSA) is 77.6 Å². The smallest absolute Gasteiger partial charge is 0.200 e. The summed E-state index contributed by atoms with van der Waals surface area (Å²) >= 11 is 0. The van der Waals surface area contributed by atoms with Crippen LogP contribution in [-0.4, -0.2) is 42.7 Å². The highest BCUT2D eigenvalue weighted by molar-refractivity contribution is 5.94. The lowest BCUT2D eigenvalue weighted by Crippen LogP contribution is -2.34. The molecule has 29 heavy (non-hydrogen) atoms. The van der Waals surface area contributed by atoms with Gasteiger partial charge < -0.3 is 19.9 Å². The summed E-state index contributed by atoms with van der Waals surface area (Å²) < 4.78 is 43.6. The summed E-state index contributed by atoms with van der Waals surface area (Å²) in [5.74, 6) is -0.248. The Morgan fingerprint density at radius 2 is 2.17 bits per heavy atom. The van der Waals surface area contributed by atoms with Crippen molar-refractivity contribution in [2.75, 3.05) is 25.1 Å². The molecule has 2 saturated carbocycles. The molecule has 2 N–H and O–H groups in total. The molecule has 1 aromatic carbocycles. The Kier molecular flexibility index (Phi) is 3.75. The summed E-state index contributed by atoms with van der Waals surface area (Å²) in [5.41, 5.74) is 5.50. The van der Waals surface area contributed by atoms with Gasteiger partial charge in [-0.1, -0.05) is 0 Å². The number of carbonyl (C=O) groups is 1. The van der Waals surface area contributed by atoms with Crippen LogP contribution < -0.4 is 20.8 Å². The molecular formula is C21H23F2N3O3. The average Bonchev–Trinajstić information content (AvgIpc) is 3.57. The lowest BCUT2D eigenvalue weighted by Gasteiger charge is -2.25. The maximum absolute atomic E-state index is 15.3. The molecule has 0 spiro atoms. The quantitative estimate of drug-likeness (QED) is 0.775. The molecule has 1 aromatic heterocycles. The van der Waals surface area contributed by atoms with Crippen molar-refractivity contribution in [3.63, 3.8) is 0 Å². The predicted molar refractivity (Wildman–Crippen MR) is 105 cm³/mol. The van der Waals surface area contributed by atoms with E-state index in [0.717, 1.165) is 25.3 Å². The number of nitrogens with two attached hydrogens (primary N) is 1. The van der Waals surface area contributed by atoms with Crippen LogP contribution in [0.3, 0.4) is 0 Å². The van der Waals surface area contributed by atoms with Crippen LogP contribution >= 0.6 is 0 Å². The average molecular weight is 404 g/mol. The molecule has 3 aliphatic rings. The molecule has 6 nitrogen and oxygen atoms in total. The summed E-state index contributed by atoms with van der Waals surface area (Å²) in [6, 6.07) is 0.500. The minimum atomic E-state index is -1.18. The molecule has 1 aliphatic heterocycles. The summed E-state index contributed by atoms with van der Waals surface area (Å²) in [7, 11) is 1.38. The molecule has 3 atom stereocenters. The first kappa shape index (κ1) is 17.4. The van der Waals surface area contributed by atoms with Gasteiger partial charge in [-0.15, -0.1) is 0 Å². The van der Waals surface area contributed by atoms with Crippen molar-refractivity contribution in [2.24, 2.45) is 11.7 Å². The predicted octanol–water partition coefficient (Wildman–Crippen LogP) is 2.56. The van der Waals surface area contributed by atoms with E-state index in [1.165, 1.54) is 17.9 Å². The van der Waals surface area contributed by atoms with Crippen LogP contribution in [0.1, 0.15) is 43.5 Å². The second kappa shape index (κ2) is 6.26. The highest BCUT2D eigenvalue weighted by atomic mass is 19.1. The van der Waals surface area contributed by atoms with Gasteiger partial charge in [-0.3, -0.25) is 9.59 Å². The van der Waals surface area contributed by atoms with Crippen molar-refractivity contribution in [1.82, 2.24) is 4.57 Å². The number of benzene rings is 1. The molecule has 8 heteroatoms. The van der Waals surface area contributed by atoms with E-state index in [4.69, 9.17) is 11.8 Å². The number of alkyl halides is 1. The fourth-order valence-electron chi connectivity index (χ4n) is 4.69. The van der Waals surface area contributed by atoms with Crippen LogP contribution in [0.15, 0.2) is 17.1 Å². The number of anilines is 1. The van der Waals surface area contributed by atoms with Gasteiger partial charge in [-0.2, -0.15) is 0 Å². The number of carbonyl (C=O) groups excluding carboxylic acids is 1. The number of nitrogens with zero attached hydrogens (tertiary/aromatic N) is 2. The third kappa shape index (κ3) is 2.76. The van der Waals surface area contributed by atoms with Gasteiger partial charge in [0.2, 0.25) is 0 Å². The number of pyridine rings is 1. The molecule has 3 fully saturated rings. The zero-order valence-electron chi connectivity index (χ0n) is 17.1. The monoisotopic (exact) mass is 404 g/mol. The fourth-order valence-corrected chi connectivity index (χ4v) is 4.69. The highest BCUT2D eigenvalue weighted by Crippen LogP contribution is 2.48. The third-order valence-electron chi connectivity index (χ3n) is 6.70. The number of ether oxygens (including phenoxy) is 1. The number of aldehydes is 1. The Morgan fingerprint density at radius 1 is 1.45 bits per heavy atom. The van der Waals surface area contributed by atoms with Gasteiger partial charge in [0.1, 0.15) is 13.2 Å². The standard InChI is InChI=1S/C21H23F2N3O3/c1-29-20-17-13(19(28)11(10-27)8-26(17)16-7-14(16)22)6-15(23)18(20)25-5-2-12(9-25)21(24)3-4-21/h6,8,10,12,14,16H,2-5,7,9,24H2,1H3/t12-,14+,16-/m1/s1/i10D. The lowest BCUT2D eigenvalue weighted by molar-refractivity contribution is 0.112. The minimum Gasteiger partial charge on any atom is -0.492 e. The number of methoxy groups -OCH3 is 1. The number of hydrogen-bond donors (Lipinski definition) is 1. The van der Waals surface area contributed by atoms with Gasteiger partial charge in [-0.25, -0.2) is 8.78 Å². The van der Waals surface area contributed by atoms with Crippen molar-refractivity contribution >= 4 is 22.9 Å². The second-order valence-electron chi connectivity index (χ2n) is 8.50. The Morgan fingerprint density at radius 3 is 2.76 bits per heavy atom. The first-order chi connectivity index (χ1) is 14.2. The minimum absolute atomic E-state index is 0.0847. The van der Waals surface area contributed by atoms with Crippen LogP contribution in [0.25, 0.3) is 10.9 Å². The van der Waals surface area contributed by atoms with Crippen LogP contribution in [0.2, 0.25) is 0 Å². The van der Waals surface area contributed by atoms with Crippen LogP contribution in [0.4, 0.5) is 14.5 Å². The zero-order chi connectivity index (χ0) is 21.4. The van der Waals surface area contributed by atoms with Crippen LogP contribution in [0.5, 0.6) is 5.75 Å². The maximum Gasteiger partial charge on any atom is 0.200 e. The molecular weight excluding hydrogens is 380 g/mol. The Bertz CT molecular complexity index is 1130. The Labute approximate surface area is 167 Å². The van der Waals surface area contributed by atoms with Gasteiger partial charge in [0, 0.05) is 31.2 Å². The van der Waals surface area contributed by atoms with Crippen molar-refractivity contribution in [3.05, 3.63) is 33.9 Å². The normalized spacial score (nSPS) is 27.8. The summed E-state index contributed by atoms with van der Waals surface area (Å²) in [5, 5.41) is -0.0847. The Balaban J connectivity index is 1.71. The zero-order valence-corrected chi connectivity index (χ0v) is 16.1. The summed E-state index contributed by atoms with van der Waals surface area (Å²) in [6.07, 6.45) is 1.88. The SMILES string of the molecule is [2H]C(=O)c1cn([C@@H]2C[C@@H]2F)c2c(OC)c(N3CC[C@@H](C4(N)CC4)C3)c(F)cc2c1=O. The van der Waals surface area contributed by atoms with Crippen LogP contribution in [-0.2, 0) is 0 Å². The molecule has 2 aromatic rings. The highest BCUT2D eigenvalue weighted by Gasteiger charge is 2.48. The first-order valence-electron chi connectivity index (χ1n) is 10.4. The van der Waals surface area contributed by atoms with Crippen molar-refractivity contribution in [1.29, 1.82) is 0 Å². The molecule has 154 valence electrons. The number of aromatic nitrogens is 1. The molecule has 1 saturated heterocycles. The molecule has 2 aliphatic carbocycles. The van der Waals surface area contributed by atoms with E-state index in [2.05, 4.69) is 0 Å². The van der Waals surface area contributed by atoms with Crippen LogP contribution in [0, 0.1) is 11.7 Å². The molecule has 0 amide bonds. The van der Waals surface area contributed by atoms with Crippen molar-refractivity contribution < 1.29 is 19.7 Å². The van der Waals surface area contributed by atoms with E-state index in [9.17, 15) is 14.0 Å². The molecule has 0 bridgehead atoms. The van der Waals surface area contributed by atoms with E-state index in [1.807, 2.05) is 4.90 Å². The van der Waals surface area contributed by atoms with Crippen molar-refractivity contribution in [3.8, 4) is 5.75 Å². The summed E-state index contributed by atoms with van der Waals surface area (Å²) in [4.78, 5) is 26.3. The van der Waals surface area contributed by atoms with Gasteiger partial charge in [0.25, 0.3) is 0 Å². The molecule has 0 unspecified atom stereocenters. The Hall–Kier alpha value is -2.48. The number of fused-ring (bicyclic) bond motifs is 1. The van der Waals surface area contributed by atoms with E-state index in [0.29, 0.717) is 13.1 Å². The largest absolute Gasteiger partial charge is 0.492 e. The van der Waals surface area contributed by atoms with Gasteiger partial charge in [-0.05, 0) is 31.2 Å². The summed E-state index contributed by atoms with van der Waals surface area (Å²) in [6.45, 7) is 1.18. The third-order valence-corrected chi connectivity index (χ3v) is 6.70.